The lowest BCUT2D eigenvalue weighted by molar-refractivity contribution is 0.0685. The molecule has 1 heterocycles. The molecule has 0 bridgehead atoms. The van der Waals surface area contributed by atoms with Crippen molar-refractivity contribution in [1.82, 2.24) is 4.57 Å². The van der Waals surface area contributed by atoms with Crippen LogP contribution in [0.15, 0.2) is 24.3 Å². The van der Waals surface area contributed by atoms with E-state index in [1.54, 1.807) is 18.2 Å². The number of aromatic nitrogens is 1. The van der Waals surface area contributed by atoms with Crippen molar-refractivity contribution in [3.8, 4) is 0 Å². The van der Waals surface area contributed by atoms with E-state index in [-0.39, 0.29) is 0 Å². The molecule has 0 radical (unpaired) electrons. The maximum Gasteiger partial charge on any atom is 0.352 e. The van der Waals surface area contributed by atoms with Crippen molar-refractivity contribution in [1.29, 1.82) is 0 Å². The Bertz CT molecular complexity index is 570. The minimum Gasteiger partial charge on any atom is -0.477 e. The highest BCUT2D eigenvalue weighted by molar-refractivity contribution is 5.95. The molecule has 0 unspecified atom stereocenters. The van der Waals surface area contributed by atoms with Crippen molar-refractivity contribution in [2.24, 2.45) is 5.92 Å². The third-order valence-electron chi connectivity index (χ3n) is 2.69. The van der Waals surface area contributed by atoms with E-state index in [0.717, 1.165) is 10.9 Å². The highest BCUT2D eigenvalue weighted by Crippen LogP contribution is 2.23. The summed E-state index contributed by atoms with van der Waals surface area (Å²) in [5.74, 6) is -0.512. The summed E-state index contributed by atoms with van der Waals surface area (Å²) in [6.07, 6.45) is 0. The molecule has 4 heteroatoms. The molecule has 0 saturated heterocycles. The van der Waals surface area contributed by atoms with E-state index in [0.29, 0.717) is 23.8 Å². The molecule has 0 atom stereocenters. The Morgan fingerprint density at radius 1 is 1.41 bits per heavy atom. The molecule has 1 aromatic heterocycles. The molecule has 0 fully saturated rings. The van der Waals surface area contributed by atoms with Gasteiger partial charge in [-0.25, -0.2) is 4.79 Å². The Hall–Kier alpha value is -1.97. The number of hydrogen-bond acceptors (Lipinski definition) is 2. The lowest BCUT2D eigenvalue weighted by Crippen LogP contribution is -2.11. The van der Waals surface area contributed by atoms with Crippen LogP contribution in [0.3, 0.4) is 0 Å². The van der Waals surface area contributed by atoms with Crippen LogP contribution >= 0.6 is 0 Å². The number of anilines is 1. The number of carboxylic acids is 1. The van der Waals surface area contributed by atoms with Gasteiger partial charge in [-0.15, -0.1) is 0 Å². The molecule has 4 nitrogen and oxygen atoms in total. The van der Waals surface area contributed by atoms with Gasteiger partial charge in [0.05, 0.1) is 0 Å². The molecule has 0 aliphatic rings. The minimum atomic E-state index is -0.902. The van der Waals surface area contributed by atoms with Gasteiger partial charge in [-0.3, -0.25) is 0 Å². The van der Waals surface area contributed by atoms with E-state index in [4.69, 9.17) is 5.73 Å². The minimum absolute atomic E-state index is 0.319. The Balaban J connectivity index is 2.66. The van der Waals surface area contributed by atoms with Crippen molar-refractivity contribution in [3.05, 3.63) is 30.0 Å². The fourth-order valence-corrected chi connectivity index (χ4v) is 2.03. The van der Waals surface area contributed by atoms with Crippen LogP contribution in [0.4, 0.5) is 5.69 Å². The summed E-state index contributed by atoms with van der Waals surface area (Å²) in [6, 6.07) is 7.15. The SMILES string of the molecule is CC(C)Cn1c(C(=O)O)cc2cc(N)ccc21. The first-order valence-corrected chi connectivity index (χ1v) is 5.61. The molecular weight excluding hydrogens is 216 g/mol. The predicted molar refractivity (Wildman–Crippen MR) is 68.1 cm³/mol. The van der Waals surface area contributed by atoms with Crippen LogP contribution in [0, 0.1) is 5.92 Å². The van der Waals surface area contributed by atoms with Gasteiger partial charge in [0.1, 0.15) is 5.69 Å². The van der Waals surface area contributed by atoms with E-state index in [1.165, 1.54) is 0 Å². The normalized spacial score (nSPS) is 11.2. The van der Waals surface area contributed by atoms with Gasteiger partial charge in [0, 0.05) is 23.1 Å². The molecule has 0 aliphatic carbocycles. The van der Waals surface area contributed by atoms with Gasteiger partial charge in [0.15, 0.2) is 0 Å². The average molecular weight is 232 g/mol. The van der Waals surface area contributed by atoms with Gasteiger partial charge in [0.2, 0.25) is 0 Å². The van der Waals surface area contributed by atoms with Crippen LogP contribution in [0.5, 0.6) is 0 Å². The van der Waals surface area contributed by atoms with Crippen LogP contribution in [0.1, 0.15) is 24.3 Å². The molecule has 0 saturated carbocycles. The van der Waals surface area contributed by atoms with Crippen LogP contribution in [0.25, 0.3) is 10.9 Å². The van der Waals surface area contributed by atoms with Crippen molar-refractivity contribution in [2.75, 3.05) is 5.73 Å². The molecule has 3 N–H and O–H groups in total. The molecule has 90 valence electrons. The molecule has 0 aliphatic heterocycles. The van der Waals surface area contributed by atoms with Crippen molar-refractivity contribution in [3.63, 3.8) is 0 Å². The summed E-state index contributed by atoms with van der Waals surface area (Å²) in [6.45, 7) is 4.82. The molecule has 0 amide bonds. The topological polar surface area (TPSA) is 68.2 Å². The van der Waals surface area contributed by atoms with E-state index < -0.39 is 5.97 Å². The zero-order chi connectivity index (χ0) is 12.6. The van der Waals surface area contributed by atoms with Gasteiger partial charge in [-0.05, 0) is 30.2 Å². The highest BCUT2D eigenvalue weighted by atomic mass is 16.4. The van der Waals surface area contributed by atoms with E-state index >= 15 is 0 Å². The summed E-state index contributed by atoms with van der Waals surface area (Å²) in [4.78, 5) is 11.2. The van der Waals surface area contributed by atoms with Crippen LogP contribution in [-0.2, 0) is 6.54 Å². The maximum absolute atomic E-state index is 11.2. The second-order valence-corrected chi connectivity index (χ2v) is 4.66. The number of benzene rings is 1. The number of nitrogen functional groups attached to an aromatic ring is 1. The number of nitrogens with two attached hydrogens (primary N) is 1. The first-order valence-electron chi connectivity index (χ1n) is 5.61. The van der Waals surface area contributed by atoms with Crippen LogP contribution in [-0.4, -0.2) is 15.6 Å². The fourth-order valence-electron chi connectivity index (χ4n) is 2.03. The molecule has 1 aromatic carbocycles. The summed E-state index contributed by atoms with van der Waals surface area (Å²) in [7, 11) is 0. The zero-order valence-electron chi connectivity index (χ0n) is 9.97. The first-order chi connectivity index (χ1) is 7.99. The molecule has 17 heavy (non-hydrogen) atoms. The zero-order valence-corrected chi connectivity index (χ0v) is 9.97. The van der Waals surface area contributed by atoms with Gasteiger partial charge >= 0.3 is 5.97 Å². The van der Waals surface area contributed by atoms with Crippen molar-refractivity contribution >= 4 is 22.6 Å². The lowest BCUT2D eigenvalue weighted by Gasteiger charge is -2.10. The van der Waals surface area contributed by atoms with E-state index in [1.807, 2.05) is 10.6 Å². The molecule has 0 spiro atoms. The number of hydrogen-bond donors (Lipinski definition) is 2. The first kappa shape index (κ1) is 11.5. The molecule has 2 aromatic rings. The van der Waals surface area contributed by atoms with Gasteiger partial charge in [-0.2, -0.15) is 0 Å². The summed E-state index contributed by atoms with van der Waals surface area (Å²) in [5, 5.41) is 10.1. The quantitative estimate of drug-likeness (QED) is 0.799. The van der Waals surface area contributed by atoms with Gasteiger partial charge in [-0.1, -0.05) is 13.8 Å². The standard InChI is InChI=1S/C13H16N2O2/c1-8(2)7-15-11-4-3-10(14)5-9(11)6-12(15)13(16)17/h3-6,8H,7,14H2,1-2H3,(H,16,17). The summed E-state index contributed by atoms with van der Waals surface area (Å²) < 4.78 is 1.84. The molecule has 2 rings (SSSR count). The number of carbonyl (C=O) groups is 1. The number of rotatable bonds is 3. The van der Waals surface area contributed by atoms with Gasteiger partial charge in [0.25, 0.3) is 0 Å². The third kappa shape index (κ3) is 2.11. The fraction of sp³-hybridized carbons (Fsp3) is 0.308. The van der Waals surface area contributed by atoms with E-state index in [2.05, 4.69) is 13.8 Å². The number of carboxylic acid groups (broad SMARTS) is 1. The van der Waals surface area contributed by atoms with Crippen LogP contribution < -0.4 is 5.73 Å². The maximum atomic E-state index is 11.2. The third-order valence-corrected chi connectivity index (χ3v) is 2.69. The second-order valence-electron chi connectivity index (χ2n) is 4.66. The number of nitrogens with zero attached hydrogens (tertiary/aromatic N) is 1. The van der Waals surface area contributed by atoms with Gasteiger partial charge < -0.3 is 15.4 Å². The highest BCUT2D eigenvalue weighted by Gasteiger charge is 2.15. The van der Waals surface area contributed by atoms with Crippen molar-refractivity contribution < 1.29 is 9.90 Å². The van der Waals surface area contributed by atoms with E-state index in [9.17, 15) is 9.90 Å². The number of fused-ring (bicyclic) bond motifs is 1. The second kappa shape index (κ2) is 4.13. The lowest BCUT2D eigenvalue weighted by atomic mass is 10.2. The average Bonchev–Trinajstić information content (AvgIpc) is 2.55. The Labute approximate surface area is 99.7 Å². The smallest absolute Gasteiger partial charge is 0.352 e. The molecular formula is C13H16N2O2. The Kier molecular flexibility index (Phi) is 2.79. The monoisotopic (exact) mass is 232 g/mol. The number of aromatic carboxylic acids is 1. The summed E-state index contributed by atoms with van der Waals surface area (Å²) in [5.41, 5.74) is 7.59. The Morgan fingerprint density at radius 2 is 2.12 bits per heavy atom. The predicted octanol–water partition coefficient (Wildman–Crippen LogP) is 2.58. The summed E-state index contributed by atoms with van der Waals surface area (Å²) >= 11 is 0. The largest absolute Gasteiger partial charge is 0.477 e. The Morgan fingerprint density at radius 3 is 2.71 bits per heavy atom. The van der Waals surface area contributed by atoms with Crippen LogP contribution in [0.2, 0.25) is 0 Å². The van der Waals surface area contributed by atoms with Crippen molar-refractivity contribution in [2.45, 2.75) is 20.4 Å².